The fraction of sp³-hybridized carbons (Fsp3) is 0.200. The third kappa shape index (κ3) is 5.02. The van der Waals surface area contributed by atoms with Gasteiger partial charge in [-0.3, -0.25) is 14.3 Å². The first-order chi connectivity index (χ1) is 16.8. The number of aromatic nitrogens is 2. The normalized spacial score (nSPS) is 16.9. The molecule has 2 aromatic carbocycles. The van der Waals surface area contributed by atoms with Crippen molar-refractivity contribution in [2.75, 3.05) is 5.32 Å². The number of hydrogen-bond acceptors (Lipinski definition) is 4. The van der Waals surface area contributed by atoms with Crippen molar-refractivity contribution in [2.45, 2.75) is 31.3 Å². The first-order valence-electron chi connectivity index (χ1n) is 10.5. The van der Waals surface area contributed by atoms with E-state index in [1.54, 1.807) is 24.3 Å². The molecule has 2 atom stereocenters. The van der Waals surface area contributed by atoms with Gasteiger partial charge in [-0.25, -0.2) is 13.2 Å². The molecule has 2 amide bonds. The molecule has 0 saturated heterocycles. The van der Waals surface area contributed by atoms with Crippen molar-refractivity contribution in [1.82, 2.24) is 15.1 Å². The summed E-state index contributed by atoms with van der Waals surface area (Å²) in [6.07, 6.45) is 6.44. The molecule has 0 spiro atoms. The molecule has 1 aliphatic rings. The average molecular weight is 477 g/mol. The van der Waals surface area contributed by atoms with Crippen molar-refractivity contribution in [1.29, 1.82) is 5.26 Å². The molecule has 0 unspecified atom stereocenters. The molecule has 7 nitrogen and oxygen atoms in total. The SMILES string of the molecule is C#CC[C@H]1C[C@@H](NC(=O)c2nn(Cc3cccc(C#N)c3)cc2F)C(=O)Nc2c(F)cc(F)cc21. The molecule has 0 saturated carbocycles. The van der Waals surface area contributed by atoms with Gasteiger partial charge in [0.25, 0.3) is 5.91 Å². The van der Waals surface area contributed by atoms with Gasteiger partial charge in [0, 0.05) is 12.5 Å². The fourth-order valence-electron chi connectivity index (χ4n) is 4.02. The minimum absolute atomic E-state index is 0.0546. The van der Waals surface area contributed by atoms with Crippen LogP contribution in [0.2, 0.25) is 0 Å². The van der Waals surface area contributed by atoms with Crippen LogP contribution in [0.5, 0.6) is 0 Å². The van der Waals surface area contributed by atoms with Gasteiger partial charge in [0.05, 0.1) is 30.1 Å². The summed E-state index contributed by atoms with van der Waals surface area (Å²) in [6.45, 7) is 0.105. The molecule has 1 aromatic heterocycles. The predicted molar refractivity (Wildman–Crippen MR) is 119 cm³/mol. The number of nitrogens with one attached hydrogen (secondary N) is 2. The molecule has 0 aliphatic carbocycles. The van der Waals surface area contributed by atoms with Crippen LogP contribution in [0.25, 0.3) is 0 Å². The summed E-state index contributed by atoms with van der Waals surface area (Å²) in [5, 5.41) is 17.8. The molecule has 0 fully saturated rings. The topological polar surface area (TPSA) is 99.8 Å². The highest BCUT2D eigenvalue weighted by atomic mass is 19.1. The van der Waals surface area contributed by atoms with Gasteiger partial charge >= 0.3 is 0 Å². The Labute approximate surface area is 198 Å². The predicted octanol–water partition coefficient (Wildman–Crippen LogP) is 3.47. The highest BCUT2D eigenvalue weighted by Crippen LogP contribution is 2.36. The maximum absolute atomic E-state index is 14.5. The number of hydrogen-bond donors (Lipinski definition) is 2. The van der Waals surface area contributed by atoms with Crippen LogP contribution in [-0.2, 0) is 11.3 Å². The number of fused-ring (bicyclic) bond motifs is 1. The van der Waals surface area contributed by atoms with E-state index < -0.39 is 46.9 Å². The molecular formula is C25H18F3N5O2. The Hall–Kier alpha value is -4.57. The molecule has 3 aromatic rings. The van der Waals surface area contributed by atoms with Crippen LogP contribution in [0.1, 0.15) is 45.9 Å². The van der Waals surface area contributed by atoms with E-state index in [1.165, 1.54) is 4.68 Å². The van der Waals surface area contributed by atoms with Gasteiger partial charge in [-0.1, -0.05) is 12.1 Å². The van der Waals surface area contributed by atoms with Gasteiger partial charge in [0.2, 0.25) is 5.91 Å². The minimum Gasteiger partial charge on any atom is -0.339 e. The van der Waals surface area contributed by atoms with Crippen molar-refractivity contribution in [3.8, 4) is 18.4 Å². The Morgan fingerprint density at radius 2 is 2.06 bits per heavy atom. The molecule has 10 heteroatoms. The van der Waals surface area contributed by atoms with Crippen LogP contribution in [0.15, 0.2) is 42.6 Å². The van der Waals surface area contributed by atoms with Crippen LogP contribution in [0.4, 0.5) is 18.9 Å². The van der Waals surface area contributed by atoms with Gasteiger partial charge in [-0.15, -0.1) is 12.3 Å². The lowest BCUT2D eigenvalue weighted by atomic mass is 9.89. The van der Waals surface area contributed by atoms with Gasteiger partial charge in [-0.2, -0.15) is 10.4 Å². The first-order valence-corrected chi connectivity index (χ1v) is 10.5. The maximum atomic E-state index is 14.5. The monoisotopic (exact) mass is 477 g/mol. The molecule has 2 heterocycles. The Bertz CT molecular complexity index is 1400. The second-order valence-electron chi connectivity index (χ2n) is 8.04. The van der Waals surface area contributed by atoms with Crippen LogP contribution in [0.3, 0.4) is 0 Å². The van der Waals surface area contributed by atoms with E-state index >= 15 is 0 Å². The smallest absolute Gasteiger partial charge is 0.275 e. The summed E-state index contributed by atoms with van der Waals surface area (Å²) in [5.74, 6) is -2.63. The largest absolute Gasteiger partial charge is 0.339 e. The third-order valence-corrected chi connectivity index (χ3v) is 5.61. The summed E-state index contributed by atoms with van der Waals surface area (Å²) in [4.78, 5) is 25.5. The molecule has 176 valence electrons. The zero-order valence-corrected chi connectivity index (χ0v) is 18.2. The van der Waals surface area contributed by atoms with Crippen molar-refractivity contribution in [3.05, 3.63) is 82.4 Å². The quantitative estimate of drug-likeness (QED) is 0.550. The Morgan fingerprint density at radius 1 is 1.26 bits per heavy atom. The molecule has 0 bridgehead atoms. The minimum atomic E-state index is -1.20. The van der Waals surface area contributed by atoms with E-state index in [-0.39, 0.29) is 30.6 Å². The van der Waals surface area contributed by atoms with Gasteiger partial charge in [0.1, 0.15) is 17.7 Å². The van der Waals surface area contributed by atoms with Crippen LogP contribution in [0, 0.1) is 41.1 Å². The van der Waals surface area contributed by atoms with Crippen molar-refractivity contribution < 1.29 is 22.8 Å². The Morgan fingerprint density at radius 3 is 2.80 bits per heavy atom. The molecule has 0 radical (unpaired) electrons. The van der Waals surface area contributed by atoms with Crippen molar-refractivity contribution >= 4 is 17.5 Å². The summed E-state index contributed by atoms with van der Waals surface area (Å²) in [6, 6.07) is 9.16. The summed E-state index contributed by atoms with van der Waals surface area (Å²) in [7, 11) is 0. The Kier molecular flexibility index (Phi) is 6.56. The maximum Gasteiger partial charge on any atom is 0.275 e. The first kappa shape index (κ1) is 23.6. The summed E-state index contributed by atoms with van der Waals surface area (Å²) in [5.41, 5.74) is 0.530. The third-order valence-electron chi connectivity index (χ3n) is 5.61. The number of carbonyl (C=O) groups is 2. The lowest BCUT2D eigenvalue weighted by Gasteiger charge is -2.18. The van der Waals surface area contributed by atoms with Crippen molar-refractivity contribution in [2.24, 2.45) is 0 Å². The number of halogens is 3. The van der Waals surface area contributed by atoms with E-state index in [9.17, 15) is 22.8 Å². The van der Waals surface area contributed by atoms with Crippen LogP contribution < -0.4 is 10.6 Å². The zero-order valence-electron chi connectivity index (χ0n) is 18.2. The molecule has 4 rings (SSSR count). The van der Waals surface area contributed by atoms with E-state index in [0.717, 1.165) is 12.3 Å². The zero-order chi connectivity index (χ0) is 25.1. The number of nitriles is 1. The van der Waals surface area contributed by atoms with Crippen molar-refractivity contribution in [3.63, 3.8) is 0 Å². The van der Waals surface area contributed by atoms with Gasteiger partial charge in [-0.05, 0) is 41.7 Å². The lowest BCUT2D eigenvalue weighted by Crippen LogP contribution is -2.44. The Balaban J connectivity index is 1.55. The summed E-state index contributed by atoms with van der Waals surface area (Å²) >= 11 is 0. The van der Waals surface area contributed by atoms with E-state index in [0.29, 0.717) is 17.2 Å². The highest BCUT2D eigenvalue weighted by Gasteiger charge is 2.33. The van der Waals surface area contributed by atoms with E-state index in [1.807, 2.05) is 6.07 Å². The number of terminal acetylenes is 1. The fourth-order valence-corrected chi connectivity index (χ4v) is 4.02. The number of anilines is 1. The number of amides is 2. The van der Waals surface area contributed by atoms with Crippen LogP contribution >= 0.6 is 0 Å². The molecule has 2 N–H and O–H groups in total. The summed E-state index contributed by atoms with van der Waals surface area (Å²) < 4.78 is 43.9. The van der Waals surface area contributed by atoms with E-state index in [4.69, 9.17) is 11.7 Å². The van der Waals surface area contributed by atoms with Gasteiger partial charge in [0.15, 0.2) is 11.5 Å². The average Bonchev–Trinajstić information content (AvgIpc) is 3.13. The number of benzene rings is 2. The standard InChI is InChI=1S/C25H18F3N5O2/c1-2-4-16-8-21(24(34)31-22-18(16)9-17(26)10-19(22)27)30-25(35)23-20(28)13-33(32-23)12-15-6-3-5-14(7-15)11-29/h1,3,5-7,9-10,13,16,21H,4,8,12H2,(H,30,35)(H,31,34)/t16-,21+/m0/s1. The second kappa shape index (κ2) is 9.74. The second-order valence-corrected chi connectivity index (χ2v) is 8.04. The molecule has 1 aliphatic heterocycles. The molecular weight excluding hydrogens is 459 g/mol. The number of nitrogens with zero attached hydrogens (tertiary/aromatic N) is 3. The van der Waals surface area contributed by atoms with Gasteiger partial charge < -0.3 is 10.6 Å². The van der Waals surface area contributed by atoms with E-state index in [2.05, 4.69) is 21.7 Å². The van der Waals surface area contributed by atoms with Crippen LogP contribution in [-0.4, -0.2) is 27.6 Å². The highest BCUT2D eigenvalue weighted by molar-refractivity contribution is 6.01. The molecule has 35 heavy (non-hydrogen) atoms. The number of carbonyl (C=O) groups excluding carboxylic acids is 2. The lowest BCUT2D eigenvalue weighted by molar-refractivity contribution is -0.118. The number of rotatable bonds is 5.